The monoisotopic (exact) mass is 206 g/mol. The molecule has 15 heavy (non-hydrogen) atoms. The smallest absolute Gasteiger partial charge is 0.133 e. The summed E-state index contributed by atoms with van der Waals surface area (Å²) in [6.07, 6.45) is 4.92. The normalized spacial score (nSPS) is 20.2. The van der Waals surface area contributed by atoms with Crippen molar-refractivity contribution in [3.05, 3.63) is 24.0 Å². The number of hydrogen-bond donors (Lipinski definition) is 2. The lowest BCUT2D eigenvalue weighted by atomic mass is 9.79. The van der Waals surface area contributed by atoms with Crippen LogP contribution < -0.4 is 5.73 Å². The molecule has 1 saturated carbocycles. The van der Waals surface area contributed by atoms with Crippen LogP contribution in [0.4, 0.5) is 5.69 Å². The van der Waals surface area contributed by atoms with Gasteiger partial charge in [0.1, 0.15) is 5.78 Å². The molecule has 0 aliphatic heterocycles. The van der Waals surface area contributed by atoms with Gasteiger partial charge >= 0.3 is 0 Å². The van der Waals surface area contributed by atoms with Crippen LogP contribution in [0.5, 0.6) is 0 Å². The van der Waals surface area contributed by atoms with E-state index in [2.05, 4.69) is 4.98 Å². The molecule has 1 aromatic heterocycles. The number of nitrogens with zero attached hydrogens (tertiary/aromatic N) is 1. The number of aliphatic hydroxyl groups is 1. The molecule has 80 valence electrons. The van der Waals surface area contributed by atoms with E-state index in [-0.39, 0.29) is 5.78 Å². The van der Waals surface area contributed by atoms with Crippen LogP contribution >= 0.6 is 0 Å². The fourth-order valence-corrected chi connectivity index (χ4v) is 2.01. The summed E-state index contributed by atoms with van der Waals surface area (Å²) < 4.78 is 0. The molecule has 2 rings (SSSR count). The first-order valence-electron chi connectivity index (χ1n) is 5.06. The molecule has 0 radical (unpaired) electrons. The first-order valence-corrected chi connectivity index (χ1v) is 5.06. The summed E-state index contributed by atoms with van der Waals surface area (Å²) in [4.78, 5) is 15.1. The summed E-state index contributed by atoms with van der Waals surface area (Å²) in [5.74, 6) is 0.210. The summed E-state index contributed by atoms with van der Waals surface area (Å²) >= 11 is 0. The molecule has 0 bridgehead atoms. The molecule has 0 unspecified atom stereocenters. The van der Waals surface area contributed by atoms with E-state index in [0.717, 1.165) is 0 Å². The zero-order valence-corrected chi connectivity index (χ0v) is 8.44. The Morgan fingerprint density at radius 2 is 2.07 bits per heavy atom. The number of anilines is 1. The first-order chi connectivity index (χ1) is 7.12. The highest BCUT2D eigenvalue weighted by atomic mass is 16.3. The molecule has 1 heterocycles. The predicted octanol–water partition coefficient (Wildman–Crippen LogP) is 0.995. The number of rotatable bonds is 1. The Morgan fingerprint density at radius 3 is 2.67 bits per heavy atom. The van der Waals surface area contributed by atoms with Crippen LogP contribution in [0.3, 0.4) is 0 Å². The minimum atomic E-state index is -0.966. The molecule has 4 nitrogen and oxygen atoms in total. The third-order valence-electron chi connectivity index (χ3n) is 2.99. The molecular weight excluding hydrogens is 192 g/mol. The summed E-state index contributed by atoms with van der Waals surface area (Å²) in [7, 11) is 0. The second-order valence-corrected chi connectivity index (χ2v) is 4.03. The number of carbonyl (C=O) groups is 1. The molecule has 0 aromatic carbocycles. The fourth-order valence-electron chi connectivity index (χ4n) is 2.01. The summed E-state index contributed by atoms with van der Waals surface area (Å²) in [5, 5.41) is 10.4. The number of nitrogens with two attached hydrogens (primary N) is 1. The standard InChI is InChI=1S/C11H14N2O2/c12-10-3-6-13-7-9(10)11(15)4-1-8(14)2-5-11/h3,6-7,15H,1-2,4-5H2,(H2,12,13). The highest BCUT2D eigenvalue weighted by Gasteiger charge is 2.35. The van der Waals surface area contributed by atoms with Crippen LogP contribution in [0.2, 0.25) is 0 Å². The zero-order chi connectivity index (χ0) is 10.9. The highest BCUT2D eigenvalue weighted by Crippen LogP contribution is 2.37. The number of nitrogen functional groups attached to an aromatic ring is 1. The average Bonchev–Trinajstić information content (AvgIpc) is 2.23. The van der Waals surface area contributed by atoms with E-state index in [4.69, 9.17) is 5.73 Å². The lowest BCUT2D eigenvalue weighted by Crippen LogP contribution is -2.32. The molecule has 1 aliphatic carbocycles. The van der Waals surface area contributed by atoms with Crippen molar-refractivity contribution in [3.63, 3.8) is 0 Å². The molecule has 0 spiro atoms. The Morgan fingerprint density at radius 1 is 1.40 bits per heavy atom. The molecule has 1 aliphatic rings. The average molecular weight is 206 g/mol. The Labute approximate surface area is 88.1 Å². The second-order valence-electron chi connectivity index (χ2n) is 4.03. The minimum absolute atomic E-state index is 0.210. The molecule has 1 aromatic rings. The van der Waals surface area contributed by atoms with Crippen LogP contribution in [-0.2, 0) is 10.4 Å². The maximum atomic E-state index is 11.1. The van der Waals surface area contributed by atoms with Gasteiger partial charge in [0.25, 0.3) is 0 Å². The molecular formula is C11H14N2O2. The van der Waals surface area contributed by atoms with Crippen molar-refractivity contribution in [3.8, 4) is 0 Å². The van der Waals surface area contributed by atoms with Crippen molar-refractivity contribution in [1.82, 2.24) is 4.98 Å². The Kier molecular flexibility index (Phi) is 2.44. The Balaban J connectivity index is 2.30. The van der Waals surface area contributed by atoms with E-state index in [1.54, 1.807) is 18.5 Å². The van der Waals surface area contributed by atoms with Crippen molar-refractivity contribution in [1.29, 1.82) is 0 Å². The minimum Gasteiger partial charge on any atom is -0.398 e. The van der Waals surface area contributed by atoms with Gasteiger partial charge in [-0.05, 0) is 18.9 Å². The lowest BCUT2D eigenvalue weighted by Gasteiger charge is -2.32. The third kappa shape index (κ3) is 1.85. The Bertz CT molecular complexity index is 380. The van der Waals surface area contributed by atoms with E-state index in [9.17, 15) is 9.90 Å². The van der Waals surface area contributed by atoms with E-state index in [0.29, 0.717) is 36.9 Å². The van der Waals surface area contributed by atoms with Crippen LogP contribution in [0.15, 0.2) is 18.5 Å². The third-order valence-corrected chi connectivity index (χ3v) is 2.99. The van der Waals surface area contributed by atoms with Crippen molar-refractivity contribution in [2.45, 2.75) is 31.3 Å². The van der Waals surface area contributed by atoms with Crippen molar-refractivity contribution >= 4 is 11.5 Å². The van der Waals surface area contributed by atoms with Gasteiger partial charge in [-0.2, -0.15) is 0 Å². The van der Waals surface area contributed by atoms with E-state index in [1.807, 2.05) is 0 Å². The predicted molar refractivity (Wildman–Crippen MR) is 56.0 cm³/mol. The number of aromatic nitrogens is 1. The summed E-state index contributed by atoms with van der Waals surface area (Å²) in [5.41, 5.74) is 6.01. The van der Waals surface area contributed by atoms with E-state index < -0.39 is 5.60 Å². The molecule has 0 amide bonds. The number of carbonyl (C=O) groups excluding carboxylic acids is 1. The molecule has 4 heteroatoms. The topological polar surface area (TPSA) is 76.2 Å². The van der Waals surface area contributed by atoms with Crippen molar-refractivity contribution < 1.29 is 9.90 Å². The zero-order valence-electron chi connectivity index (χ0n) is 8.44. The molecule has 0 atom stereocenters. The van der Waals surface area contributed by atoms with Gasteiger partial charge in [-0.1, -0.05) is 0 Å². The second kappa shape index (κ2) is 3.62. The number of Topliss-reactive ketones (excluding diaryl/α,β-unsaturated/α-hetero) is 1. The van der Waals surface area contributed by atoms with Gasteiger partial charge in [-0.3, -0.25) is 9.78 Å². The molecule has 1 fully saturated rings. The molecule has 0 saturated heterocycles. The summed E-state index contributed by atoms with van der Waals surface area (Å²) in [6.45, 7) is 0. The largest absolute Gasteiger partial charge is 0.398 e. The first kappa shape index (κ1) is 10.1. The highest BCUT2D eigenvalue weighted by molar-refractivity contribution is 5.79. The van der Waals surface area contributed by atoms with Crippen molar-refractivity contribution in [2.75, 3.05) is 5.73 Å². The summed E-state index contributed by atoms with van der Waals surface area (Å²) in [6, 6.07) is 1.67. The van der Waals surface area contributed by atoms with Crippen LogP contribution in [-0.4, -0.2) is 15.9 Å². The fraction of sp³-hybridized carbons (Fsp3) is 0.455. The SMILES string of the molecule is Nc1ccncc1C1(O)CCC(=O)CC1. The van der Waals surface area contributed by atoms with Gasteiger partial charge in [0.05, 0.1) is 5.60 Å². The number of pyridine rings is 1. The van der Waals surface area contributed by atoms with Crippen molar-refractivity contribution in [2.24, 2.45) is 0 Å². The quantitative estimate of drug-likeness (QED) is 0.718. The van der Waals surface area contributed by atoms with Gasteiger partial charge in [-0.15, -0.1) is 0 Å². The van der Waals surface area contributed by atoms with Gasteiger partial charge < -0.3 is 10.8 Å². The van der Waals surface area contributed by atoms with E-state index >= 15 is 0 Å². The van der Waals surface area contributed by atoms with Crippen LogP contribution in [0.1, 0.15) is 31.2 Å². The number of hydrogen-bond acceptors (Lipinski definition) is 4. The van der Waals surface area contributed by atoms with Gasteiger partial charge in [0, 0.05) is 36.5 Å². The van der Waals surface area contributed by atoms with E-state index in [1.165, 1.54) is 0 Å². The van der Waals surface area contributed by atoms with Gasteiger partial charge in [-0.25, -0.2) is 0 Å². The number of ketones is 1. The maximum absolute atomic E-state index is 11.1. The van der Waals surface area contributed by atoms with Gasteiger partial charge in [0.2, 0.25) is 0 Å². The van der Waals surface area contributed by atoms with Crippen LogP contribution in [0, 0.1) is 0 Å². The lowest BCUT2D eigenvalue weighted by molar-refractivity contribution is -0.125. The maximum Gasteiger partial charge on any atom is 0.133 e. The van der Waals surface area contributed by atoms with Gasteiger partial charge in [0.15, 0.2) is 0 Å². The Hall–Kier alpha value is -1.42. The molecule has 3 N–H and O–H groups in total. The van der Waals surface area contributed by atoms with Crippen LogP contribution in [0.25, 0.3) is 0 Å².